The molecule has 0 aromatic heterocycles. The zero-order valence-corrected chi connectivity index (χ0v) is 7.72. The van der Waals surface area contributed by atoms with Gasteiger partial charge in [0.1, 0.15) is 5.44 Å². The average molecular weight is 165 g/mol. The molecule has 2 unspecified atom stereocenters. The Morgan fingerprint density at radius 2 is 1.89 bits per heavy atom. The summed E-state index contributed by atoms with van der Waals surface area (Å²) < 4.78 is 0. The van der Waals surface area contributed by atoms with E-state index in [9.17, 15) is 5.11 Å². The molecule has 9 heavy (non-hydrogen) atoms. The monoisotopic (exact) mass is 165 g/mol. The molecule has 0 bridgehead atoms. The fraction of sp³-hybridized carbons (Fsp3) is 1.00. The molecule has 2 atom stereocenters. The van der Waals surface area contributed by atoms with Gasteiger partial charge in [0.25, 0.3) is 0 Å². The lowest BCUT2D eigenvalue weighted by Gasteiger charge is -2.14. The molecule has 1 nitrogen and oxygen atoms in total. The van der Waals surface area contributed by atoms with E-state index in [1.165, 1.54) is 11.8 Å². The molecule has 0 aliphatic carbocycles. The lowest BCUT2D eigenvalue weighted by molar-refractivity contribution is 0.162. The van der Waals surface area contributed by atoms with E-state index >= 15 is 0 Å². The van der Waals surface area contributed by atoms with Crippen LogP contribution in [0.2, 0.25) is 0 Å². The quantitative estimate of drug-likeness (QED) is 0.595. The summed E-state index contributed by atoms with van der Waals surface area (Å²) in [5, 5.41) is 11.3. The summed E-state index contributed by atoms with van der Waals surface area (Å²) in [4.78, 5) is 0. The molecule has 0 spiro atoms. The summed E-state index contributed by atoms with van der Waals surface area (Å²) in [5.74, 6) is 0. The van der Waals surface area contributed by atoms with Crippen molar-refractivity contribution in [1.82, 2.24) is 0 Å². The van der Waals surface area contributed by atoms with E-state index in [0.717, 1.165) is 6.42 Å². The van der Waals surface area contributed by atoms with Gasteiger partial charge < -0.3 is 0 Å². The summed E-state index contributed by atoms with van der Waals surface area (Å²) in [5.41, 5.74) is -0.440. The van der Waals surface area contributed by atoms with Crippen LogP contribution >= 0.6 is 23.5 Å². The highest BCUT2D eigenvalue weighted by molar-refractivity contribution is 8.03. The van der Waals surface area contributed by atoms with Crippen molar-refractivity contribution in [2.75, 3.05) is 12.5 Å². The van der Waals surface area contributed by atoms with Gasteiger partial charge in [-0.2, -0.15) is 11.8 Å². The third-order valence-corrected chi connectivity index (χ3v) is 3.39. The minimum Gasteiger partial charge on any atom is -0.220 e. The van der Waals surface area contributed by atoms with Gasteiger partial charge in [-0.1, -0.05) is 6.92 Å². The molecule has 0 rings (SSSR count). The van der Waals surface area contributed by atoms with E-state index in [1.807, 2.05) is 12.5 Å². The van der Waals surface area contributed by atoms with Crippen molar-refractivity contribution in [3.8, 4) is 0 Å². The standard InChI is InChI=1S/C6H13OS2/c1-4-5(8-2)6(7)9-3/h5-6H,4H2,1-3H3. The fourth-order valence-corrected chi connectivity index (χ4v) is 2.34. The van der Waals surface area contributed by atoms with Gasteiger partial charge in [-0.05, 0) is 18.9 Å². The van der Waals surface area contributed by atoms with Crippen molar-refractivity contribution >= 4 is 23.5 Å². The second-order valence-corrected chi connectivity index (χ2v) is 3.80. The van der Waals surface area contributed by atoms with E-state index in [0.29, 0.717) is 5.25 Å². The highest BCUT2D eigenvalue weighted by Crippen LogP contribution is 2.21. The first-order valence-electron chi connectivity index (χ1n) is 2.97. The minimum atomic E-state index is -0.440. The molecule has 0 aromatic rings. The molecule has 0 fully saturated rings. The Bertz CT molecular complexity index is 64.1. The predicted molar refractivity (Wildman–Crippen MR) is 45.6 cm³/mol. The van der Waals surface area contributed by atoms with Crippen molar-refractivity contribution in [3.63, 3.8) is 0 Å². The summed E-state index contributed by atoms with van der Waals surface area (Å²) in [6.45, 7) is 2.06. The highest BCUT2D eigenvalue weighted by atomic mass is 32.2. The van der Waals surface area contributed by atoms with Crippen LogP contribution in [-0.4, -0.2) is 23.2 Å². The smallest absolute Gasteiger partial charge is 0.150 e. The van der Waals surface area contributed by atoms with Crippen LogP contribution in [0.3, 0.4) is 0 Å². The zero-order chi connectivity index (χ0) is 7.28. The third-order valence-electron chi connectivity index (χ3n) is 1.24. The first-order valence-corrected chi connectivity index (χ1v) is 5.55. The summed E-state index contributed by atoms with van der Waals surface area (Å²) in [6.07, 6.45) is 4.85. The van der Waals surface area contributed by atoms with Crippen LogP contribution in [0.25, 0.3) is 0 Å². The number of rotatable bonds is 4. The molecule has 0 amide bonds. The van der Waals surface area contributed by atoms with Crippen LogP contribution in [0, 0.1) is 0 Å². The molecular formula is C6H13OS2. The van der Waals surface area contributed by atoms with Crippen LogP contribution in [0.5, 0.6) is 0 Å². The molecule has 0 saturated heterocycles. The Kier molecular flexibility index (Phi) is 5.84. The molecule has 3 heteroatoms. The molecular weight excluding hydrogens is 152 g/mol. The molecule has 0 aliphatic rings. The van der Waals surface area contributed by atoms with E-state index in [2.05, 4.69) is 6.92 Å². The van der Waals surface area contributed by atoms with Crippen LogP contribution < -0.4 is 0 Å². The van der Waals surface area contributed by atoms with Gasteiger partial charge in [0, 0.05) is 5.25 Å². The van der Waals surface area contributed by atoms with Gasteiger partial charge in [-0.15, -0.1) is 11.8 Å². The number of thioether (sulfide) groups is 2. The maximum absolute atomic E-state index is 11.0. The van der Waals surface area contributed by atoms with Crippen molar-refractivity contribution in [1.29, 1.82) is 0 Å². The Hall–Kier alpha value is 0.660. The molecule has 55 valence electrons. The highest BCUT2D eigenvalue weighted by Gasteiger charge is 2.15. The molecule has 0 N–H and O–H groups in total. The van der Waals surface area contributed by atoms with Crippen LogP contribution in [-0.2, 0) is 5.11 Å². The Balaban J connectivity index is 3.50. The van der Waals surface area contributed by atoms with Crippen LogP contribution in [0.1, 0.15) is 13.3 Å². The van der Waals surface area contributed by atoms with E-state index < -0.39 is 5.44 Å². The maximum atomic E-state index is 11.0. The minimum absolute atomic E-state index is 0.292. The first-order chi connectivity index (χ1) is 4.26. The first kappa shape index (κ1) is 9.66. The van der Waals surface area contributed by atoms with Crippen molar-refractivity contribution in [2.45, 2.75) is 24.0 Å². The van der Waals surface area contributed by atoms with Crippen molar-refractivity contribution in [2.24, 2.45) is 0 Å². The van der Waals surface area contributed by atoms with Gasteiger partial charge in [-0.25, -0.2) is 5.11 Å². The van der Waals surface area contributed by atoms with E-state index in [-0.39, 0.29) is 0 Å². The fourth-order valence-electron chi connectivity index (χ4n) is 0.622. The molecule has 1 radical (unpaired) electrons. The average Bonchev–Trinajstić information content (AvgIpc) is 1.90. The zero-order valence-electron chi connectivity index (χ0n) is 6.09. The van der Waals surface area contributed by atoms with Gasteiger partial charge in [0.2, 0.25) is 0 Å². The molecule has 0 saturated carbocycles. The normalized spacial score (nSPS) is 17.3. The van der Waals surface area contributed by atoms with Gasteiger partial charge in [-0.3, -0.25) is 0 Å². The predicted octanol–water partition coefficient (Wildman–Crippen LogP) is 2.25. The lowest BCUT2D eigenvalue weighted by Crippen LogP contribution is -2.15. The Morgan fingerprint density at radius 1 is 1.33 bits per heavy atom. The molecule has 0 heterocycles. The Morgan fingerprint density at radius 3 is 2.00 bits per heavy atom. The molecule has 0 aromatic carbocycles. The Labute approximate surface area is 65.6 Å². The lowest BCUT2D eigenvalue weighted by atomic mass is 10.3. The molecule has 0 aliphatic heterocycles. The van der Waals surface area contributed by atoms with Crippen LogP contribution in [0.4, 0.5) is 0 Å². The SMILES string of the molecule is CCC(SC)C([O])SC. The van der Waals surface area contributed by atoms with Gasteiger partial charge in [0.15, 0.2) is 0 Å². The second kappa shape index (κ2) is 5.45. The van der Waals surface area contributed by atoms with Crippen molar-refractivity contribution in [3.05, 3.63) is 0 Å². The largest absolute Gasteiger partial charge is 0.220 e. The van der Waals surface area contributed by atoms with E-state index in [1.54, 1.807) is 11.8 Å². The van der Waals surface area contributed by atoms with Crippen molar-refractivity contribution < 1.29 is 5.11 Å². The summed E-state index contributed by atoms with van der Waals surface area (Å²) in [6, 6.07) is 0. The van der Waals surface area contributed by atoms with Gasteiger partial charge in [0.05, 0.1) is 0 Å². The topological polar surface area (TPSA) is 19.9 Å². The number of hydrogen-bond acceptors (Lipinski definition) is 2. The summed E-state index contributed by atoms with van der Waals surface area (Å²) in [7, 11) is 0. The maximum Gasteiger partial charge on any atom is 0.150 e. The third kappa shape index (κ3) is 3.38. The number of hydrogen-bond donors (Lipinski definition) is 0. The second-order valence-electron chi connectivity index (χ2n) is 1.79. The van der Waals surface area contributed by atoms with E-state index in [4.69, 9.17) is 0 Å². The van der Waals surface area contributed by atoms with Gasteiger partial charge >= 0.3 is 0 Å². The summed E-state index contributed by atoms with van der Waals surface area (Å²) >= 11 is 3.07. The van der Waals surface area contributed by atoms with Crippen LogP contribution in [0.15, 0.2) is 0 Å².